The number of fused-ring (bicyclic) bond motifs is 1. The first-order chi connectivity index (χ1) is 15.5. The Hall–Kier alpha value is -3.13. The van der Waals surface area contributed by atoms with E-state index in [0.717, 1.165) is 16.3 Å². The number of esters is 1. The molecule has 170 valence electrons. The molecule has 0 heterocycles. The summed E-state index contributed by atoms with van der Waals surface area (Å²) in [6.07, 6.45) is 0. The van der Waals surface area contributed by atoms with Gasteiger partial charge < -0.3 is 28.4 Å². The molecule has 0 unspecified atom stereocenters. The van der Waals surface area contributed by atoms with Gasteiger partial charge in [-0.15, -0.1) is 0 Å². The Morgan fingerprint density at radius 3 is 1.78 bits per heavy atom. The highest BCUT2D eigenvalue weighted by Gasteiger charge is 2.25. The van der Waals surface area contributed by atoms with Crippen molar-refractivity contribution in [3.8, 4) is 39.9 Å². The molecule has 0 fully saturated rings. The van der Waals surface area contributed by atoms with Crippen molar-refractivity contribution in [1.29, 1.82) is 0 Å². The van der Waals surface area contributed by atoms with E-state index in [9.17, 15) is 4.79 Å². The molecule has 0 saturated carbocycles. The molecule has 0 atom stereocenters. The summed E-state index contributed by atoms with van der Waals surface area (Å²) < 4.78 is 32.7. The van der Waals surface area contributed by atoms with E-state index in [1.165, 1.54) is 14.2 Å². The zero-order valence-corrected chi connectivity index (χ0v) is 20.4. The van der Waals surface area contributed by atoms with Gasteiger partial charge in [-0.25, -0.2) is 4.79 Å². The molecule has 3 aromatic carbocycles. The molecular weight excluding hydrogens is 480 g/mol. The summed E-state index contributed by atoms with van der Waals surface area (Å²) in [5.74, 6) is 2.06. The van der Waals surface area contributed by atoms with Crippen molar-refractivity contribution < 1.29 is 33.2 Å². The maximum Gasteiger partial charge on any atom is 0.338 e. The van der Waals surface area contributed by atoms with Crippen LogP contribution < -0.4 is 23.7 Å². The van der Waals surface area contributed by atoms with Gasteiger partial charge >= 0.3 is 5.97 Å². The van der Waals surface area contributed by atoms with E-state index in [-0.39, 0.29) is 0 Å². The highest BCUT2D eigenvalue weighted by molar-refractivity contribution is 9.08. The summed E-state index contributed by atoms with van der Waals surface area (Å²) in [6.45, 7) is 0. The van der Waals surface area contributed by atoms with Crippen molar-refractivity contribution in [2.75, 3.05) is 42.7 Å². The van der Waals surface area contributed by atoms with Gasteiger partial charge in [0.25, 0.3) is 0 Å². The summed E-state index contributed by atoms with van der Waals surface area (Å²) in [5, 5.41) is 2.09. The molecule has 0 amide bonds. The fourth-order valence-electron chi connectivity index (χ4n) is 3.75. The number of ether oxygens (including phenoxy) is 6. The van der Waals surface area contributed by atoms with Crippen LogP contribution in [0.3, 0.4) is 0 Å². The standard InChI is InChI=1S/C24H25BrO7/c1-27-17-8-13-7-15(12-25)22(24(26)32-6)21(16(13)11-18(17)28-2)14-9-19(29-3)23(31-5)20(10-14)30-4/h7-11H,12H2,1-6H3. The van der Waals surface area contributed by atoms with E-state index in [2.05, 4.69) is 15.9 Å². The lowest BCUT2D eigenvalue weighted by atomic mass is 9.89. The van der Waals surface area contributed by atoms with Crippen LogP contribution >= 0.6 is 15.9 Å². The number of hydrogen-bond donors (Lipinski definition) is 0. The molecule has 0 aliphatic rings. The first-order valence-electron chi connectivity index (χ1n) is 9.64. The van der Waals surface area contributed by atoms with Crippen LogP contribution in [0.4, 0.5) is 0 Å². The number of benzene rings is 3. The van der Waals surface area contributed by atoms with Gasteiger partial charge in [0.1, 0.15) is 0 Å². The van der Waals surface area contributed by atoms with Crippen molar-refractivity contribution >= 4 is 32.7 Å². The molecule has 3 aromatic rings. The summed E-state index contributed by atoms with van der Waals surface area (Å²) in [6, 6.07) is 9.26. The van der Waals surface area contributed by atoms with E-state index in [1.54, 1.807) is 40.6 Å². The van der Waals surface area contributed by atoms with Crippen molar-refractivity contribution in [2.24, 2.45) is 0 Å². The lowest BCUT2D eigenvalue weighted by Gasteiger charge is -2.20. The monoisotopic (exact) mass is 504 g/mol. The second-order valence-electron chi connectivity index (χ2n) is 6.75. The Balaban J connectivity index is 2.54. The number of carbonyl (C=O) groups is 1. The van der Waals surface area contributed by atoms with Gasteiger partial charge in [0.05, 0.1) is 48.2 Å². The molecule has 0 N–H and O–H groups in total. The molecule has 3 rings (SSSR count). The third-order valence-corrected chi connectivity index (χ3v) is 5.82. The van der Waals surface area contributed by atoms with Crippen LogP contribution in [-0.4, -0.2) is 48.6 Å². The number of carbonyl (C=O) groups excluding carboxylic acids is 1. The Labute approximate surface area is 195 Å². The second kappa shape index (κ2) is 9.99. The molecule has 32 heavy (non-hydrogen) atoms. The van der Waals surface area contributed by atoms with E-state index in [4.69, 9.17) is 28.4 Å². The largest absolute Gasteiger partial charge is 0.493 e. The van der Waals surface area contributed by atoms with Crippen LogP contribution in [0.5, 0.6) is 28.7 Å². The summed E-state index contributed by atoms with van der Waals surface area (Å²) in [7, 11) is 9.14. The predicted octanol–water partition coefficient (Wildman–Crippen LogP) is 5.23. The molecule has 8 heteroatoms. The molecule has 7 nitrogen and oxygen atoms in total. The van der Waals surface area contributed by atoms with Crippen molar-refractivity contribution in [2.45, 2.75) is 5.33 Å². The van der Waals surface area contributed by atoms with Gasteiger partial charge in [-0.2, -0.15) is 0 Å². The lowest BCUT2D eigenvalue weighted by molar-refractivity contribution is 0.0601. The Bertz CT molecular complexity index is 1130. The number of alkyl halides is 1. The van der Waals surface area contributed by atoms with Crippen LogP contribution in [0, 0.1) is 0 Å². The minimum atomic E-state index is -0.458. The minimum absolute atomic E-state index is 0.429. The first-order valence-corrected chi connectivity index (χ1v) is 10.8. The van der Waals surface area contributed by atoms with Crippen LogP contribution in [0.2, 0.25) is 0 Å². The predicted molar refractivity (Wildman–Crippen MR) is 126 cm³/mol. The van der Waals surface area contributed by atoms with Gasteiger partial charge in [-0.05, 0) is 52.2 Å². The van der Waals surface area contributed by atoms with Crippen LogP contribution in [0.1, 0.15) is 15.9 Å². The maximum absolute atomic E-state index is 13.0. The first kappa shape index (κ1) is 23.5. The molecule has 0 saturated heterocycles. The van der Waals surface area contributed by atoms with E-state index in [0.29, 0.717) is 50.8 Å². The Kier molecular flexibility index (Phi) is 7.35. The van der Waals surface area contributed by atoms with Crippen molar-refractivity contribution in [3.63, 3.8) is 0 Å². The highest BCUT2D eigenvalue weighted by atomic mass is 79.9. The zero-order chi connectivity index (χ0) is 23.4. The summed E-state index contributed by atoms with van der Waals surface area (Å²) in [4.78, 5) is 13.0. The Morgan fingerprint density at radius 1 is 0.750 bits per heavy atom. The lowest BCUT2D eigenvalue weighted by Crippen LogP contribution is -2.09. The third-order valence-electron chi connectivity index (χ3n) is 5.21. The fraction of sp³-hybridized carbons (Fsp3) is 0.292. The Morgan fingerprint density at radius 2 is 1.31 bits per heavy atom. The van der Waals surface area contributed by atoms with Gasteiger partial charge in [-0.3, -0.25) is 0 Å². The number of hydrogen-bond acceptors (Lipinski definition) is 7. The van der Waals surface area contributed by atoms with Gasteiger partial charge in [-0.1, -0.05) is 15.9 Å². The molecule has 0 bridgehead atoms. The maximum atomic E-state index is 13.0. The van der Waals surface area contributed by atoms with E-state index >= 15 is 0 Å². The molecular formula is C24H25BrO7. The molecule has 0 aliphatic heterocycles. The van der Waals surface area contributed by atoms with Crippen LogP contribution in [0.25, 0.3) is 21.9 Å². The second-order valence-corrected chi connectivity index (χ2v) is 7.31. The SMILES string of the molecule is COC(=O)c1c(CBr)cc2cc(OC)c(OC)cc2c1-c1cc(OC)c(OC)c(OC)c1. The molecule has 0 aromatic heterocycles. The smallest absolute Gasteiger partial charge is 0.338 e. The van der Waals surface area contributed by atoms with Gasteiger partial charge in [0.2, 0.25) is 5.75 Å². The van der Waals surface area contributed by atoms with Gasteiger partial charge in [0.15, 0.2) is 23.0 Å². The third kappa shape index (κ3) is 4.02. The molecule has 0 aliphatic carbocycles. The quantitative estimate of drug-likeness (QED) is 0.307. The minimum Gasteiger partial charge on any atom is -0.493 e. The van der Waals surface area contributed by atoms with Crippen LogP contribution in [-0.2, 0) is 10.1 Å². The number of halogens is 1. The van der Waals surface area contributed by atoms with Crippen molar-refractivity contribution in [1.82, 2.24) is 0 Å². The fourth-order valence-corrected chi connectivity index (χ4v) is 4.19. The van der Waals surface area contributed by atoms with E-state index < -0.39 is 5.97 Å². The highest BCUT2D eigenvalue weighted by Crippen LogP contribution is 2.46. The average Bonchev–Trinajstić information content (AvgIpc) is 2.84. The van der Waals surface area contributed by atoms with Gasteiger partial charge in [0, 0.05) is 10.9 Å². The number of rotatable bonds is 8. The summed E-state index contributed by atoms with van der Waals surface area (Å²) >= 11 is 3.51. The average molecular weight is 505 g/mol. The normalized spacial score (nSPS) is 10.6. The van der Waals surface area contributed by atoms with Crippen LogP contribution in [0.15, 0.2) is 30.3 Å². The number of methoxy groups -OCH3 is 6. The zero-order valence-electron chi connectivity index (χ0n) is 18.8. The topological polar surface area (TPSA) is 72.5 Å². The summed E-state index contributed by atoms with van der Waals surface area (Å²) in [5.41, 5.74) is 2.54. The van der Waals surface area contributed by atoms with Crippen molar-refractivity contribution in [3.05, 3.63) is 41.5 Å². The molecule has 0 spiro atoms. The molecule has 0 radical (unpaired) electrons. The van der Waals surface area contributed by atoms with E-state index in [1.807, 2.05) is 18.2 Å².